The first-order valence-corrected chi connectivity index (χ1v) is 9.44. The molecule has 1 aromatic carbocycles. The third-order valence-corrected chi connectivity index (χ3v) is 5.29. The van der Waals surface area contributed by atoms with E-state index in [0.29, 0.717) is 18.7 Å². The number of thiophene rings is 1. The molecule has 1 aliphatic heterocycles. The van der Waals surface area contributed by atoms with E-state index in [9.17, 15) is 4.79 Å². The van der Waals surface area contributed by atoms with Crippen molar-refractivity contribution >= 4 is 29.7 Å². The van der Waals surface area contributed by atoms with Crippen LogP contribution in [0.5, 0.6) is 5.75 Å². The number of ether oxygens (including phenoxy) is 1. The zero-order chi connectivity index (χ0) is 16.8. The van der Waals surface area contributed by atoms with E-state index < -0.39 is 0 Å². The molecule has 1 aromatic heterocycles. The van der Waals surface area contributed by atoms with E-state index in [-0.39, 0.29) is 24.4 Å². The van der Waals surface area contributed by atoms with Gasteiger partial charge in [-0.25, -0.2) is 0 Å². The lowest BCUT2D eigenvalue weighted by atomic mass is 10.1. The Kier molecular flexibility index (Phi) is 7.75. The number of amides is 1. The third-order valence-electron chi connectivity index (χ3n) is 4.32. The molecule has 0 saturated carbocycles. The van der Waals surface area contributed by atoms with Gasteiger partial charge in [-0.2, -0.15) is 0 Å². The van der Waals surface area contributed by atoms with Crippen LogP contribution in [-0.4, -0.2) is 37.0 Å². The summed E-state index contributed by atoms with van der Waals surface area (Å²) in [5.74, 6) is 0.691. The molecule has 2 heterocycles. The molecule has 6 heteroatoms. The minimum atomic E-state index is -0.0442. The summed E-state index contributed by atoms with van der Waals surface area (Å²) in [4.78, 5) is 16.3. The zero-order valence-electron chi connectivity index (χ0n) is 14.4. The highest BCUT2D eigenvalue weighted by Gasteiger charge is 2.24. The van der Waals surface area contributed by atoms with Crippen molar-refractivity contribution in [3.8, 4) is 5.75 Å². The molecule has 0 bridgehead atoms. The fraction of sp³-hybridized carbons (Fsp3) is 0.421. The molecule has 1 saturated heterocycles. The number of hydrogen-bond acceptors (Lipinski definition) is 4. The standard InChI is InChI=1S/C19H24N2O2S.ClH/c1-2-23-16-8-5-7-15(13-16)19(22)20-14-17(18-9-6-12-24-18)21-10-3-4-11-21;/h5-9,12-13,17H,2-4,10-11,14H2,1H3,(H,20,22);1H. The second-order valence-electron chi connectivity index (χ2n) is 5.95. The minimum Gasteiger partial charge on any atom is -0.494 e. The molecule has 0 aliphatic carbocycles. The van der Waals surface area contributed by atoms with Crippen LogP contribution in [-0.2, 0) is 0 Å². The van der Waals surface area contributed by atoms with Gasteiger partial charge in [0.25, 0.3) is 5.91 Å². The van der Waals surface area contributed by atoms with E-state index in [1.54, 1.807) is 17.4 Å². The summed E-state index contributed by atoms with van der Waals surface area (Å²) < 4.78 is 5.48. The molecular formula is C19H25ClN2O2S. The lowest BCUT2D eigenvalue weighted by Gasteiger charge is -2.27. The number of benzene rings is 1. The first kappa shape index (κ1) is 19.8. The summed E-state index contributed by atoms with van der Waals surface area (Å²) in [6, 6.07) is 11.9. The highest BCUT2D eigenvalue weighted by Crippen LogP contribution is 2.28. The zero-order valence-corrected chi connectivity index (χ0v) is 16.1. The molecule has 1 atom stereocenters. The average Bonchev–Trinajstić information content (AvgIpc) is 3.30. The highest BCUT2D eigenvalue weighted by molar-refractivity contribution is 7.10. The van der Waals surface area contributed by atoms with Crippen molar-refractivity contribution in [3.63, 3.8) is 0 Å². The number of nitrogens with zero attached hydrogens (tertiary/aromatic N) is 1. The smallest absolute Gasteiger partial charge is 0.251 e. The van der Waals surface area contributed by atoms with Crippen LogP contribution in [0.2, 0.25) is 0 Å². The number of carbonyl (C=O) groups excluding carboxylic acids is 1. The summed E-state index contributed by atoms with van der Waals surface area (Å²) in [7, 11) is 0. The Labute approximate surface area is 159 Å². The average molecular weight is 381 g/mol. The van der Waals surface area contributed by atoms with Crippen LogP contribution in [0.25, 0.3) is 0 Å². The van der Waals surface area contributed by atoms with E-state index in [4.69, 9.17) is 4.74 Å². The Bertz CT molecular complexity index is 657. The van der Waals surface area contributed by atoms with Gasteiger partial charge >= 0.3 is 0 Å². The Morgan fingerprint density at radius 2 is 2.08 bits per heavy atom. The molecule has 0 radical (unpaired) electrons. The maximum Gasteiger partial charge on any atom is 0.251 e. The quantitative estimate of drug-likeness (QED) is 0.785. The topological polar surface area (TPSA) is 41.6 Å². The van der Waals surface area contributed by atoms with Crippen molar-refractivity contribution in [2.45, 2.75) is 25.8 Å². The number of halogens is 1. The van der Waals surface area contributed by atoms with Gasteiger partial charge in [-0.15, -0.1) is 23.7 Å². The number of hydrogen-bond donors (Lipinski definition) is 1. The first-order chi connectivity index (χ1) is 11.8. The first-order valence-electron chi connectivity index (χ1n) is 8.56. The lowest BCUT2D eigenvalue weighted by molar-refractivity contribution is 0.0938. The summed E-state index contributed by atoms with van der Waals surface area (Å²) in [5, 5.41) is 5.21. The Morgan fingerprint density at radius 3 is 2.76 bits per heavy atom. The monoisotopic (exact) mass is 380 g/mol. The van der Waals surface area contributed by atoms with E-state index >= 15 is 0 Å². The van der Waals surface area contributed by atoms with Crippen molar-refractivity contribution < 1.29 is 9.53 Å². The van der Waals surface area contributed by atoms with Gasteiger partial charge in [0.1, 0.15) is 5.75 Å². The molecule has 3 rings (SSSR count). The van der Waals surface area contributed by atoms with Gasteiger partial charge in [-0.3, -0.25) is 9.69 Å². The second kappa shape index (κ2) is 9.80. The third kappa shape index (κ3) is 5.21. The summed E-state index contributed by atoms with van der Waals surface area (Å²) >= 11 is 1.76. The largest absolute Gasteiger partial charge is 0.494 e. The molecule has 1 N–H and O–H groups in total. The van der Waals surface area contributed by atoms with Crippen molar-refractivity contribution in [1.82, 2.24) is 10.2 Å². The van der Waals surface area contributed by atoms with Gasteiger partial charge in [-0.05, 0) is 62.5 Å². The van der Waals surface area contributed by atoms with Crippen LogP contribution < -0.4 is 10.1 Å². The van der Waals surface area contributed by atoms with Gasteiger partial charge in [0.05, 0.1) is 12.6 Å². The predicted octanol–water partition coefficient (Wildman–Crippen LogP) is 4.14. The van der Waals surface area contributed by atoms with Crippen LogP contribution in [0.15, 0.2) is 41.8 Å². The van der Waals surface area contributed by atoms with E-state index in [2.05, 4.69) is 27.7 Å². The number of carbonyl (C=O) groups is 1. The molecule has 4 nitrogen and oxygen atoms in total. The molecule has 1 fully saturated rings. The maximum atomic E-state index is 12.5. The second-order valence-corrected chi connectivity index (χ2v) is 6.92. The number of rotatable bonds is 7. The fourth-order valence-electron chi connectivity index (χ4n) is 3.13. The van der Waals surface area contributed by atoms with Crippen LogP contribution in [0.3, 0.4) is 0 Å². The molecule has 1 aliphatic rings. The van der Waals surface area contributed by atoms with Gasteiger partial charge in [0, 0.05) is 17.0 Å². The van der Waals surface area contributed by atoms with Crippen molar-refractivity contribution in [1.29, 1.82) is 0 Å². The number of nitrogens with one attached hydrogen (secondary N) is 1. The SMILES string of the molecule is CCOc1cccc(C(=O)NCC(c2cccs2)N2CCCC2)c1.Cl. The van der Waals surface area contributed by atoms with Crippen molar-refractivity contribution in [2.24, 2.45) is 0 Å². The molecule has 136 valence electrons. The maximum absolute atomic E-state index is 12.5. The summed E-state index contributed by atoms with van der Waals surface area (Å²) in [6.07, 6.45) is 2.48. The Hall–Kier alpha value is -1.56. The summed E-state index contributed by atoms with van der Waals surface area (Å²) in [5.41, 5.74) is 0.646. The van der Waals surface area contributed by atoms with Crippen LogP contribution in [0.4, 0.5) is 0 Å². The van der Waals surface area contributed by atoms with Crippen LogP contribution in [0, 0.1) is 0 Å². The van der Waals surface area contributed by atoms with Gasteiger partial charge in [-0.1, -0.05) is 12.1 Å². The molecule has 1 unspecified atom stereocenters. The van der Waals surface area contributed by atoms with Crippen LogP contribution >= 0.6 is 23.7 Å². The molecule has 0 spiro atoms. The van der Waals surface area contributed by atoms with E-state index in [1.807, 2.05) is 25.1 Å². The van der Waals surface area contributed by atoms with E-state index in [1.165, 1.54) is 17.7 Å². The van der Waals surface area contributed by atoms with Crippen LogP contribution in [0.1, 0.15) is 41.0 Å². The van der Waals surface area contributed by atoms with Gasteiger partial charge < -0.3 is 10.1 Å². The summed E-state index contributed by atoms with van der Waals surface area (Å²) in [6.45, 7) is 5.39. The minimum absolute atomic E-state index is 0. The Balaban J connectivity index is 0.00000225. The van der Waals surface area contributed by atoms with Crippen molar-refractivity contribution in [2.75, 3.05) is 26.2 Å². The van der Waals surface area contributed by atoms with Gasteiger partial charge in [0.2, 0.25) is 0 Å². The number of likely N-dealkylation sites (tertiary alicyclic amines) is 1. The molecular weight excluding hydrogens is 356 g/mol. The molecule has 1 amide bonds. The van der Waals surface area contributed by atoms with Gasteiger partial charge in [0.15, 0.2) is 0 Å². The predicted molar refractivity (Wildman–Crippen MR) is 105 cm³/mol. The fourth-order valence-corrected chi connectivity index (χ4v) is 3.99. The van der Waals surface area contributed by atoms with Crippen molar-refractivity contribution in [3.05, 3.63) is 52.2 Å². The molecule has 25 heavy (non-hydrogen) atoms. The molecule has 2 aromatic rings. The van der Waals surface area contributed by atoms with E-state index in [0.717, 1.165) is 18.8 Å². The lowest BCUT2D eigenvalue weighted by Crippen LogP contribution is -2.36. The Morgan fingerprint density at radius 1 is 1.28 bits per heavy atom. The highest BCUT2D eigenvalue weighted by atomic mass is 35.5. The normalized spacial score (nSPS) is 15.4.